The second-order valence-corrected chi connectivity index (χ2v) is 8.72. The number of amides is 1. The van der Waals surface area contributed by atoms with E-state index in [2.05, 4.69) is 10.0 Å². The summed E-state index contributed by atoms with van der Waals surface area (Å²) < 4.78 is 32.7. The molecule has 1 saturated carbocycles. The molecule has 1 aliphatic carbocycles. The molecule has 0 heterocycles. The van der Waals surface area contributed by atoms with Crippen molar-refractivity contribution < 1.29 is 17.9 Å². The van der Waals surface area contributed by atoms with Gasteiger partial charge >= 0.3 is 0 Å². The minimum Gasteiger partial charge on any atom is -0.479 e. The fourth-order valence-electron chi connectivity index (χ4n) is 2.29. The predicted octanol–water partition coefficient (Wildman–Crippen LogP) is 3.84. The molecule has 0 saturated heterocycles. The van der Waals surface area contributed by atoms with Crippen LogP contribution in [0.1, 0.15) is 19.8 Å². The van der Waals surface area contributed by atoms with Crippen LogP contribution in [-0.2, 0) is 14.8 Å². The van der Waals surface area contributed by atoms with Crippen molar-refractivity contribution in [2.75, 3.05) is 5.32 Å². The maximum absolute atomic E-state index is 12.4. The predicted molar refractivity (Wildman–Crippen MR) is 105 cm³/mol. The Morgan fingerprint density at radius 1 is 1.19 bits per heavy atom. The molecule has 0 aromatic heterocycles. The van der Waals surface area contributed by atoms with E-state index in [1.807, 2.05) is 0 Å². The number of hydrogen-bond acceptors (Lipinski definition) is 4. The summed E-state index contributed by atoms with van der Waals surface area (Å²) in [5, 5.41) is 3.19. The number of nitrogens with one attached hydrogen (secondary N) is 2. The highest BCUT2D eigenvalue weighted by Crippen LogP contribution is 2.32. The van der Waals surface area contributed by atoms with Gasteiger partial charge in [0, 0.05) is 11.7 Å². The number of ether oxygens (including phenoxy) is 1. The standard InChI is InChI=1S/C18H18Cl2N2O4S/c1-11(26-16-7-3-6-15(19)17(16)20)18(23)21-13-4-2-5-14(10-13)27(24,25)22-12-8-9-12/h2-7,10-12,22H,8-9H2,1H3,(H,21,23). The van der Waals surface area contributed by atoms with Gasteiger partial charge in [0.2, 0.25) is 10.0 Å². The second-order valence-electron chi connectivity index (χ2n) is 6.22. The van der Waals surface area contributed by atoms with E-state index in [1.165, 1.54) is 12.1 Å². The van der Waals surface area contributed by atoms with E-state index in [0.717, 1.165) is 12.8 Å². The largest absolute Gasteiger partial charge is 0.479 e. The van der Waals surface area contributed by atoms with Crippen LogP contribution in [0.15, 0.2) is 47.4 Å². The number of sulfonamides is 1. The van der Waals surface area contributed by atoms with Crippen LogP contribution in [0.2, 0.25) is 10.0 Å². The van der Waals surface area contributed by atoms with Crippen LogP contribution >= 0.6 is 23.2 Å². The Balaban J connectivity index is 1.68. The molecule has 1 fully saturated rings. The van der Waals surface area contributed by atoms with Crippen molar-refractivity contribution in [2.45, 2.75) is 36.8 Å². The highest BCUT2D eigenvalue weighted by molar-refractivity contribution is 7.89. The molecule has 144 valence electrons. The van der Waals surface area contributed by atoms with E-state index >= 15 is 0 Å². The lowest BCUT2D eigenvalue weighted by Crippen LogP contribution is -2.30. The lowest BCUT2D eigenvalue weighted by Gasteiger charge is -2.16. The second kappa shape index (κ2) is 8.06. The quantitative estimate of drug-likeness (QED) is 0.701. The first-order valence-corrected chi connectivity index (χ1v) is 10.5. The fraction of sp³-hybridized carbons (Fsp3) is 0.278. The summed E-state index contributed by atoms with van der Waals surface area (Å²) in [5.74, 6) is -0.160. The summed E-state index contributed by atoms with van der Waals surface area (Å²) in [4.78, 5) is 12.5. The minimum atomic E-state index is -3.60. The van der Waals surface area contributed by atoms with Gasteiger partial charge in [-0.1, -0.05) is 35.3 Å². The SMILES string of the molecule is CC(Oc1cccc(Cl)c1Cl)C(=O)Nc1cccc(S(=O)(=O)NC2CC2)c1. The minimum absolute atomic E-state index is 0.00381. The molecular weight excluding hydrogens is 411 g/mol. The van der Waals surface area contributed by atoms with E-state index in [9.17, 15) is 13.2 Å². The molecule has 1 amide bonds. The Morgan fingerprint density at radius 3 is 2.59 bits per heavy atom. The van der Waals surface area contributed by atoms with E-state index in [4.69, 9.17) is 27.9 Å². The van der Waals surface area contributed by atoms with E-state index < -0.39 is 22.0 Å². The van der Waals surface area contributed by atoms with Gasteiger partial charge in [-0.2, -0.15) is 0 Å². The van der Waals surface area contributed by atoms with Crippen LogP contribution in [0.3, 0.4) is 0 Å². The molecule has 0 spiro atoms. The van der Waals surface area contributed by atoms with Crippen LogP contribution < -0.4 is 14.8 Å². The number of halogens is 2. The summed E-state index contributed by atoms with van der Waals surface area (Å²) >= 11 is 12.0. The van der Waals surface area contributed by atoms with Crippen molar-refractivity contribution in [1.82, 2.24) is 4.72 Å². The number of benzene rings is 2. The van der Waals surface area contributed by atoms with Gasteiger partial charge in [0.1, 0.15) is 10.8 Å². The van der Waals surface area contributed by atoms with Crippen molar-refractivity contribution in [3.05, 3.63) is 52.5 Å². The summed E-state index contributed by atoms with van der Waals surface area (Å²) in [6.07, 6.45) is 0.818. The molecular formula is C18H18Cl2N2O4S. The highest BCUT2D eigenvalue weighted by Gasteiger charge is 2.28. The molecule has 2 aromatic rings. The van der Waals surface area contributed by atoms with E-state index in [0.29, 0.717) is 10.7 Å². The average molecular weight is 429 g/mol. The maximum atomic E-state index is 12.4. The molecule has 27 heavy (non-hydrogen) atoms. The molecule has 1 aliphatic rings. The zero-order valence-corrected chi connectivity index (χ0v) is 16.7. The molecule has 0 radical (unpaired) electrons. The third-order valence-electron chi connectivity index (χ3n) is 3.90. The topological polar surface area (TPSA) is 84.5 Å². The Bertz CT molecular complexity index is 962. The van der Waals surface area contributed by atoms with Crippen molar-refractivity contribution in [3.63, 3.8) is 0 Å². The van der Waals surface area contributed by atoms with Gasteiger partial charge in [0.15, 0.2) is 6.10 Å². The molecule has 0 aliphatic heterocycles. The van der Waals surface area contributed by atoms with Gasteiger partial charge in [-0.05, 0) is 50.1 Å². The Labute approximate surface area is 167 Å². The first-order valence-electron chi connectivity index (χ1n) is 8.30. The number of anilines is 1. The molecule has 3 rings (SSSR count). The molecule has 0 bridgehead atoms. The van der Waals surface area contributed by atoms with Gasteiger partial charge in [-0.15, -0.1) is 0 Å². The Morgan fingerprint density at radius 2 is 1.89 bits per heavy atom. The number of carbonyl (C=O) groups is 1. The first-order chi connectivity index (χ1) is 12.8. The lowest BCUT2D eigenvalue weighted by atomic mass is 10.3. The van der Waals surface area contributed by atoms with Crippen LogP contribution in [0.5, 0.6) is 5.75 Å². The summed E-state index contributed by atoms with van der Waals surface area (Å²) in [5.41, 5.74) is 0.353. The molecule has 1 atom stereocenters. The molecule has 1 unspecified atom stereocenters. The fourth-order valence-corrected chi connectivity index (χ4v) is 3.98. The van der Waals surface area contributed by atoms with Gasteiger partial charge in [-0.25, -0.2) is 13.1 Å². The summed E-state index contributed by atoms with van der Waals surface area (Å²) in [6, 6.07) is 10.9. The summed E-state index contributed by atoms with van der Waals surface area (Å²) in [6.45, 7) is 1.56. The number of carbonyl (C=O) groups excluding carboxylic acids is 1. The van der Waals surface area contributed by atoms with Crippen molar-refractivity contribution in [1.29, 1.82) is 0 Å². The van der Waals surface area contributed by atoms with Gasteiger partial charge in [0.25, 0.3) is 5.91 Å². The van der Waals surface area contributed by atoms with Gasteiger partial charge < -0.3 is 10.1 Å². The molecule has 2 N–H and O–H groups in total. The van der Waals surface area contributed by atoms with Crippen molar-refractivity contribution in [3.8, 4) is 5.75 Å². The molecule has 6 nitrogen and oxygen atoms in total. The van der Waals surface area contributed by atoms with E-state index in [1.54, 1.807) is 37.3 Å². The Hall–Kier alpha value is -1.80. The molecule has 9 heteroatoms. The lowest BCUT2D eigenvalue weighted by molar-refractivity contribution is -0.122. The van der Waals surface area contributed by atoms with Crippen LogP contribution in [0, 0.1) is 0 Å². The van der Waals surface area contributed by atoms with Crippen LogP contribution in [0.25, 0.3) is 0 Å². The third-order valence-corrected chi connectivity index (χ3v) is 6.22. The summed E-state index contributed by atoms with van der Waals surface area (Å²) in [7, 11) is -3.60. The monoisotopic (exact) mass is 428 g/mol. The smallest absolute Gasteiger partial charge is 0.265 e. The van der Waals surface area contributed by atoms with Crippen molar-refractivity contribution in [2.24, 2.45) is 0 Å². The van der Waals surface area contributed by atoms with Crippen molar-refractivity contribution >= 4 is 44.8 Å². The normalized spacial score (nSPS) is 15.2. The maximum Gasteiger partial charge on any atom is 0.265 e. The Kier molecular flexibility index (Phi) is 5.95. The third kappa shape index (κ3) is 5.13. The number of hydrogen-bond donors (Lipinski definition) is 2. The molecule has 2 aromatic carbocycles. The van der Waals surface area contributed by atoms with Crippen LogP contribution in [-0.4, -0.2) is 26.5 Å². The highest BCUT2D eigenvalue weighted by atomic mass is 35.5. The first kappa shape index (κ1) is 19.9. The van der Waals surface area contributed by atoms with Gasteiger partial charge in [0.05, 0.1) is 9.92 Å². The van der Waals surface area contributed by atoms with E-state index in [-0.39, 0.29) is 21.7 Å². The average Bonchev–Trinajstić information content (AvgIpc) is 3.42. The van der Waals surface area contributed by atoms with Gasteiger partial charge in [-0.3, -0.25) is 4.79 Å². The zero-order chi connectivity index (χ0) is 19.6. The number of rotatable bonds is 7. The zero-order valence-electron chi connectivity index (χ0n) is 14.4. The van der Waals surface area contributed by atoms with Crippen LogP contribution in [0.4, 0.5) is 5.69 Å².